The van der Waals surface area contributed by atoms with Gasteiger partial charge in [-0.25, -0.2) is 0 Å². The van der Waals surface area contributed by atoms with Crippen LogP contribution in [0.4, 0.5) is 0 Å². The zero-order valence-corrected chi connectivity index (χ0v) is 12.7. The van der Waals surface area contributed by atoms with Crippen molar-refractivity contribution in [3.05, 3.63) is 47.0 Å². The van der Waals surface area contributed by atoms with Crippen LogP contribution in [0.15, 0.2) is 35.9 Å². The normalized spacial score (nSPS) is 24.9. The summed E-state index contributed by atoms with van der Waals surface area (Å²) in [6, 6.07) is 8.40. The van der Waals surface area contributed by atoms with Crippen molar-refractivity contribution >= 4 is 5.91 Å². The quantitative estimate of drug-likeness (QED) is 0.836. The Kier molecular flexibility index (Phi) is 4.11. The lowest BCUT2D eigenvalue weighted by atomic mass is 9.70. The molecule has 0 radical (unpaired) electrons. The smallest absolute Gasteiger partial charge is 0.230 e. The van der Waals surface area contributed by atoms with Gasteiger partial charge in [0, 0.05) is 13.1 Å². The fraction of sp³-hybridized carbons (Fsp3) is 0.500. The summed E-state index contributed by atoms with van der Waals surface area (Å²) in [6.45, 7) is 4.72. The average Bonchev–Trinajstić information content (AvgIpc) is 2.54. The lowest BCUT2D eigenvalue weighted by Gasteiger charge is -2.34. The van der Waals surface area contributed by atoms with Gasteiger partial charge in [0.15, 0.2) is 0 Å². The molecule has 0 bridgehead atoms. The zero-order chi connectivity index (χ0) is 14.7. The van der Waals surface area contributed by atoms with Gasteiger partial charge in [-0.15, -0.1) is 0 Å². The second kappa shape index (κ2) is 6.02. The van der Waals surface area contributed by atoms with E-state index in [-0.39, 0.29) is 11.3 Å². The molecule has 0 saturated heterocycles. The Morgan fingerprint density at radius 3 is 3.00 bits per heavy atom. The Balaban J connectivity index is 1.73. The van der Waals surface area contributed by atoms with E-state index >= 15 is 0 Å². The predicted molar refractivity (Wildman–Crippen MR) is 85.3 cm³/mol. The molecular formula is C18H24N2O. The van der Waals surface area contributed by atoms with Crippen LogP contribution in [-0.2, 0) is 16.6 Å². The Morgan fingerprint density at radius 2 is 2.19 bits per heavy atom. The van der Waals surface area contributed by atoms with E-state index in [0.29, 0.717) is 6.54 Å². The fourth-order valence-electron chi connectivity index (χ4n) is 3.50. The zero-order valence-electron chi connectivity index (χ0n) is 12.7. The summed E-state index contributed by atoms with van der Waals surface area (Å²) in [4.78, 5) is 12.8. The van der Waals surface area contributed by atoms with Gasteiger partial charge in [0.05, 0.1) is 5.41 Å². The number of hydrogen-bond acceptors (Lipinski definition) is 2. The number of aryl methyl sites for hydroxylation is 1. The number of nitrogens with one attached hydrogen (secondary N) is 2. The molecule has 2 N–H and O–H groups in total. The molecule has 112 valence electrons. The molecule has 3 nitrogen and oxygen atoms in total. The molecule has 1 aliphatic carbocycles. The molecule has 21 heavy (non-hydrogen) atoms. The first kappa shape index (κ1) is 14.3. The van der Waals surface area contributed by atoms with Crippen LogP contribution in [-0.4, -0.2) is 25.5 Å². The Bertz CT molecular complexity index is 564. The van der Waals surface area contributed by atoms with Crippen molar-refractivity contribution in [3.8, 4) is 0 Å². The third kappa shape index (κ3) is 2.88. The summed E-state index contributed by atoms with van der Waals surface area (Å²) in [5.74, 6) is 0.175. The topological polar surface area (TPSA) is 41.1 Å². The second-order valence-corrected chi connectivity index (χ2v) is 6.34. The maximum atomic E-state index is 12.8. The molecule has 1 aromatic carbocycles. The molecule has 1 amide bonds. The van der Waals surface area contributed by atoms with E-state index < -0.39 is 0 Å². The molecule has 0 fully saturated rings. The monoisotopic (exact) mass is 284 g/mol. The first-order chi connectivity index (χ1) is 10.2. The van der Waals surface area contributed by atoms with Crippen molar-refractivity contribution in [2.24, 2.45) is 0 Å². The van der Waals surface area contributed by atoms with Gasteiger partial charge in [-0.2, -0.15) is 0 Å². The third-order valence-corrected chi connectivity index (χ3v) is 4.87. The summed E-state index contributed by atoms with van der Waals surface area (Å²) in [6.07, 6.45) is 6.36. The molecule has 0 aromatic heterocycles. The van der Waals surface area contributed by atoms with Gasteiger partial charge in [0.2, 0.25) is 5.91 Å². The highest BCUT2D eigenvalue weighted by Crippen LogP contribution is 2.37. The van der Waals surface area contributed by atoms with Crippen LogP contribution in [0.25, 0.3) is 0 Å². The molecule has 0 spiro atoms. The largest absolute Gasteiger partial charge is 0.352 e. The lowest BCUT2D eigenvalue weighted by molar-refractivity contribution is -0.126. The number of rotatable bonds is 3. The minimum Gasteiger partial charge on any atom is -0.352 e. The molecule has 3 heteroatoms. The van der Waals surface area contributed by atoms with Crippen molar-refractivity contribution in [3.63, 3.8) is 0 Å². The van der Waals surface area contributed by atoms with E-state index in [1.165, 1.54) is 16.7 Å². The molecule has 1 atom stereocenters. The van der Waals surface area contributed by atoms with Gasteiger partial charge in [-0.3, -0.25) is 4.79 Å². The van der Waals surface area contributed by atoms with E-state index in [1.807, 2.05) is 6.07 Å². The molecule has 3 rings (SSSR count). The number of hydrogen-bond donors (Lipinski definition) is 2. The highest BCUT2D eigenvalue weighted by atomic mass is 16.2. The van der Waals surface area contributed by atoms with E-state index in [1.54, 1.807) is 0 Å². The van der Waals surface area contributed by atoms with Gasteiger partial charge >= 0.3 is 0 Å². The van der Waals surface area contributed by atoms with Crippen molar-refractivity contribution in [2.45, 2.75) is 38.0 Å². The summed E-state index contributed by atoms with van der Waals surface area (Å²) in [5.41, 5.74) is 3.52. The average molecular weight is 284 g/mol. The number of fused-ring (bicyclic) bond motifs is 1. The highest BCUT2D eigenvalue weighted by molar-refractivity contribution is 5.88. The number of carbonyl (C=O) groups is 1. The molecular weight excluding hydrogens is 260 g/mol. The van der Waals surface area contributed by atoms with Gasteiger partial charge in [0.1, 0.15) is 0 Å². The van der Waals surface area contributed by atoms with Gasteiger partial charge in [0.25, 0.3) is 0 Å². The third-order valence-electron chi connectivity index (χ3n) is 4.87. The maximum absolute atomic E-state index is 12.8. The summed E-state index contributed by atoms with van der Waals surface area (Å²) < 4.78 is 0. The lowest BCUT2D eigenvalue weighted by Crippen LogP contribution is -2.45. The first-order valence-electron chi connectivity index (χ1n) is 7.95. The Labute approximate surface area is 126 Å². The molecule has 1 aromatic rings. The van der Waals surface area contributed by atoms with Crippen molar-refractivity contribution in [1.29, 1.82) is 0 Å². The van der Waals surface area contributed by atoms with E-state index in [0.717, 1.165) is 38.8 Å². The standard InChI is InChI=1S/C18H24N2O/c1-18(10-4-6-15-5-2-3-7-16(15)18)17(21)20-13-14-8-11-19-12-9-14/h2-3,5,7-8,19H,4,6,9-13H2,1H3,(H,20,21). The van der Waals surface area contributed by atoms with Crippen molar-refractivity contribution in [2.75, 3.05) is 19.6 Å². The van der Waals surface area contributed by atoms with Gasteiger partial charge in [-0.1, -0.05) is 35.9 Å². The summed E-state index contributed by atoms with van der Waals surface area (Å²) in [5, 5.41) is 6.47. The molecule has 1 heterocycles. The summed E-state index contributed by atoms with van der Waals surface area (Å²) >= 11 is 0. The minimum atomic E-state index is -0.373. The molecule has 1 aliphatic heterocycles. The van der Waals surface area contributed by atoms with Crippen LogP contribution in [0.2, 0.25) is 0 Å². The van der Waals surface area contributed by atoms with Crippen LogP contribution < -0.4 is 10.6 Å². The van der Waals surface area contributed by atoms with Crippen LogP contribution in [0.3, 0.4) is 0 Å². The number of benzene rings is 1. The van der Waals surface area contributed by atoms with Crippen LogP contribution in [0.1, 0.15) is 37.3 Å². The number of carbonyl (C=O) groups excluding carboxylic acids is 1. The van der Waals surface area contributed by atoms with Crippen LogP contribution >= 0.6 is 0 Å². The molecule has 1 unspecified atom stereocenters. The predicted octanol–water partition coefficient (Wildman–Crippen LogP) is 2.32. The summed E-state index contributed by atoms with van der Waals surface area (Å²) in [7, 11) is 0. The van der Waals surface area contributed by atoms with Crippen molar-refractivity contribution < 1.29 is 4.79 Å². The van der Waals surface area contributed by atoms with Crippen molar-refractivity contribution in [1.82, 2.24) is 10.6 Å². The number of amides is 1. The van der Waals surface area contributed by atoms with E-state index in [4.69, 9.17) is 0 Å². The van der Waals surface area contributed by atoms with E-state index in [9.17, 15) is 4.79 Å². The second-order valence-electron chi connectivity index (χ2n) is 6.34. The van der Waals surface area contributed by atoms with E-state index in [2.05, 4.69) is 41.8 Å². The Hall–Kier alpha value is -1.61. The Morgan fingerprint density at radius 1 is 1.33 bits per heavy atom. The van der Waals surface area contributed by atoms with Crippen LogP contribution in [0, 0.1) is 0 Å². The first-order valence-corrected chi connectivity index (χ1v) is 7.95. The molecule has 0 saturated carbocycles. The highest BCUT2D eigenvalue weighted by Gasteiger charge is 2.38. The SMILES string of the molecule is CC1(C(=O)NCC2=CCNCC2)CCCc2ccccc21. The van der Waals surface area contributed by atoms with Crippen LogP contribution in [0.5, 0.6) is 0 Å². The van der Waals surface area contributed by atoms with Gasteiger partial charge < -0.3 is 10.6 Å². The maximum Gasteiger partial charge on any atom is 0.230 e. The van der Waals surface area contributed by atoms with Gasteiger partial charge in [-0.05, 0) is 50.3 Å². The molecule has 2 aliphatic rings. The minimum absolute atomic E-state index is 0.175. The fourth-order valence-corrected chi connectivity index (χ4v) is 3.50.